The van der Waals surface area contributed by atoms with Crippen LogP contribution >= 0.6 is 11.6 Å². The number of hydrogen-bond donors (Lipinski definition) is 3. The van der Waals surface area contributed by atoms with Crippen LogP contribution < -0.4 is 11.5 Å². The van der Waals surface area contributed by atoms with Crippen LogP contribution in [0.5, 0.6) is 0 Å². The van der Waals surface area contributed by atoms with E-state index in [0.717, 1.165) is 37.7 Å². The van der Waals surface area contributed by atoms with Crippen molar-refractivity contribution in [2.75, 3.05) is 26.8 Å². The van der Waals surface area contributed by atoms with Gasteiger partial charge in [-0.3, -0.25) is 0 Å². The molecule has 1 saturated carbocycles. The number of urea groups is 1. The number of nitrogens with zero attached hydrogens (tertiary/aromatic N) is 1. The van der Waals surface area contributed by atoms with E-state index in [1.54, 1.807) is 12.0 Å². The Morgan fingerprint density at radius 1 is 1.24 bits per heavy atom. The molecular formula is C27H44ClN3O3. The summed E-state index contributed by atoms with van der Waals surface area (Å²) in [5, 5.41) is 13.0. The van der Waals surface area contributed by atoms with Crippen molar-refractivity contribution in [1.82, 2.24) is 4.90 Å². The first kappa shape index (κ1) is 27.3. The van der Waals surface area contributed by atoms with Crippen LogP contribution in [0.25, 0.3) is 0 Å². The third kappa shape index (κ3) is 6.66. The quantitative estimate of drug-likeness (QED) is 0.375. The molecule has 1 saturated heterocycles. The summed E-state index contributed by atoms with van der Waals surface area (Å²) in [6.45, 7) is 1.75. The Morgan fingerprint density at radius 2 is 2.00 bits per heavy atom. The van der Waals surface area contributed by atoms with Crippen molar-refractivity contribution in [2.24, 2.45) is 29.2 Å². The lowest BCUT2D eigenvalue weighted by Crippen LogP contribution is -2.60. The van der Waals surface area contributed by atoms with Crippen LogP contribution in [0.15, 0.2) is 24.3 Å². The maximum absolute atomic E-state index is 12.6. The molecule has 4 atom stereocenters. The number of unbranched alkanes of at least 4 members (excludes halogenated alkanes) is 1. The molecule has 0 radical (unpaired) electrons. The number of carbonyl (C=O) groups excluding carboxylic acids is 1. The highest BCUT2D eigenvalue weighted by Gasteiger charge is 2.49. The molecule has 3 rings (SSSR count). The number of nitrogens with two attached hydrogens (primary N) is 2. The van der Waals surface area contributed by atoms with E-state index in [1.807, 2.05) is 24.3 Å². The molecule has 7 heteroatoms. The summed E-state index contributed by atoms with van der Waals surface area (Å²) in [4.78, 5) is 14.4. The summed E-state index contributed by atoms with van der Waals surface area (Å²) in [6.07, 6.45) is 11.1. The van der Waals surface area contributed by atoms with Crippen LogP contribution in [0.4, 0.5) is 4.79 Å². The topological polar surface area (TPSA) is 102 Å². The zero-order chi connectivity index (χ0) is 24.6. The van der Waals surface area contributed by atoms with Gasteiger partial charge in [-0.05, 0) is 74.6 Å². The molecule has 1 aliphatic carbocycles. The highest BCUT2D eigenvalue weighted by molar-refractivity contribution is 6.30. The lowest BCUT2D eigenvalue weighted by Gasteiger charge is -2.51. The number of methoxy groups -OCH3 is 1. The van der Waals surface area contributed by atoms with E-state index in [0.29, 0.717) is 37.1 Å². The summed E-state index contributed by atoms with van der Waals surface area (Å²) in [5.41, 5.74) is 12.0. The number of ether oxygens (including phenoxy) is 1. The fourth-order valence-electron chi connectivity index (χ4n) is 6.55. The molecule has 6 nitrogen and oxygen atoms in total. The number of primary amides is 1. The first-order valence-corrected chi connectivity index (χ1v) is 13.5. The largest absolute Gasteiger partial charge is 0.385 e. The Bertz CT molecular complexity index is 773. The summed E-state index contributed by atoms with van der Waals surface area (Å²) in [5.74, 6) is 0.568. The number of amides is 2. The standard InChI is InChI=1S/C27H44ClN3O3/c1-34-16-6-5-14-27(33,22-11-7-12-23(28)18-22)24-13-8-15-31(26(30)32)25(24)21(19-29)17-20-9-3-2-4-10-20/h7,11-12,18,20-21,24-25,33H,2-6,8-10,13-17,19,29H2,1H3,(H2,30,32)/t21-,24?,25?,27+/m0/s1. The van der Waals surface area contributed by atoms with Crippen molar-refractivity contribution >= 4 is 17.6 Å². The predicted octanol–water partition coefficient (Wildman–Crippen LogP) is 5.05. The normalized spacial score (nSPS) is 24.5. The predicted molar refractivity (Wildman–Crippen MR) is 138 cm³/mol. The number of likely N-dealkylation sites (tertiary alicyclic amines) is 1. The van der Waals surface area contributed by atoms with E-state index in [4.69, 9.17) is 27.8 Å². The zero-order valence-electron chi connectivity index (χ0n) is 20.8. The Balaban J connectivity index is 1.97. The minimum Gasteiger partial charge on any atom is -0.385 e. The van der Waals surface area contributed by atoms with Crippen LogP contribution in [0, 0.1) is 17.8 Å². The monoisotopic (exact) mass is 493 g/mol. The number of carbonyl (C=O) groups is 1. The lowest BCUT2D eigenvalue weighted by atomic mass is 9.65. The van der Waals surface area contributed by atoms with E-state index in [-0.39, 0.29) is 17.9 Å². The number of rotatable bonds is 11. The molecule has 2 unspecified atom stereocenters. The van der Waals surface area contributed by atoms with Gasteiger partial charge in [0.1, 0.15) is 0 Å². The van der Waals surface area contributed by atoms with E-state index < -0.39 is 11.6 Å². The van der Waals surface area contributed by atoms with Crippen molar-refractivity contribution in [1.29, 1.82) is 0 Å². The maximum atomic E-state index is 12.6. The molecule has 192 valence electrons. The third-order valence-corrected chi connectivity index (χ3v) is 8.45. The number of halogens is 1. The molecule has 5 N–H and O–H groups in total. The van der Waals surface area contributed by atoms with Gasteiger partial charge in [-0.15, -0.1) is 0 Å². The molecular weight excluding hydrogens is 450 g/mol. The third-order valence-electron chi connectivity index (χ3n) is 8.21. The molecule has 1 aliphatic heterocycles. The molecule has 0 bridgehead atoms. The van der Waals surface area contributed by atoms with Crippen molar-refractivity contribution in [2.45, 2.75) is 82.3 Å². The van der Waals surface area contributed by atoms with Gasteiger partial charge < -0.3 is 26.2 Å². The van der Waals surface area contributed by atoms with Gasteiger partial charge in [0.15, 0.2) is 0 Å². The van der Waals surface area contributed by atoms with Gasteiger partial charge in [0, 0.05) is 37.2 Å². The molecule has 1 aromatic carbocycles. The Kier molecular flexibility index (Phi) is 10.5. The van der Waals surface area contributed by atoms with Crippen LogP contribution in [0.3, 0.4) is 0 Å². The molecule has 1 heterocycles. The average molecular weight is 494 g/mol. The molecule has 2 fully saturated rings. The van der Waals surface area contributed by atoms with Crippen LogP contribution in [-0.4, -0.2) is 48.9 Å². The summed E-state index contributed by atoms with van der Waals surface area (Å²) in [7, 11) is 1.70. The van der Waals surface area contributed by atoms with Crippen molar-refractivity contribution in [3.05, 3.63) is 34.9 Å². The fourth-order valence-corrected chi connectivity index (χ4v) is 6.74. The lowest BCUT2D eigenvalue weighted by molar-refractivity contribution is -0.0930. The zero-order valence-corrected chi connectivity index (χ0v) is 21.5. The number of benzene rings is 1. The Labute approximate surface area is 210 Å². The smallest absolute Gasteiger partial charge is 0.315 e. The SMILES string of the molecule is COCCCC[C@@](O)(c1cccc(Cl)c1)C1CCCN(C(N)=O)C1[C@H](CN)CC1CCCCC1. The molecule has 2 aliphatic rings. The van der Waals surface area contributed by atoms with Gasteiger partial charge in [0.25, 0.3) is 0 Å². The van der Waals surface area contributed by atoms with Gasteiger partial charge in [-0.1, -0.05) is 55.8 Å². The van der Waals surface area contributed by atoms with Crippen molar-refractivity contribution < 1.29 is 14.6 Å². The summed E-state index contributed by atoms with van der Waals surface area (Å²) >= 11 is 6.37. The number of hydrogen-bond acceptors (Lipinski definition) is 4. The highest BCUT2D eigenvalue weighted by Crippen LogP contribution is 2.46. The van der Waals surface area contributed by atoms with Crippen molar-refractivity contribution in [3.8, 4) is 0 Å². The summed E-state index contributed by atoms with van der Waals surface area (Å²) < 4.78 is 5.25. The summed E-state index contributed by atoms with van der Waals surface area (Å²) in [6, 6.07) is 6.95. The van der Waals surface area contributed by atoms with E-state index >= 15 is 0 Å². The van der Waals surface area contributed by atoms with Gasteiger partial charge in [-0.25, -0.2) is 4.79 Å². The molecule has 0 aromatic heterocycles. The van der Waals surface area contributed by atoms with Crippen LogP contribution in [0.1, 0.15) is 76.2 Å². The minimum absolute atomic E-state index is 0.102. The molecule has 34 heavy (non-hydrogen) atoms. The van der Waals surface area contributed by atoms with Crippen molar-refractivity contribution in [3.63, 3.8) is 0 Å². The Morgan fingerprint density at radius 3 is 2.65 bits per heavy atom. The molecule has 0 spiro atoms. The second-order valence-corrected chi connectivity index (χ2v) is 10.8. The van der Waals surface area contributed by atoms with Gasteiger partial charge >= 0.3 is 6.03 Å². The molecule has 2 amide bonds. The minimum atomic E-state index is -1.13. The average Bonchev–Trinajstić information content (AvgIpc) is 2.85. The highest BCUT2D eigenvalue weighted by atomic mass is 35.5. The van der Waals surface area contributed by atoms with Crippen LogP contribution in [-0.2, 0) is 10.3 Å². The number of piperidine rings is 1. The molecule has 1 aromatic rings. The van der Waals surface area contributed by atoms with E-state index in [1.165, 1.54) is 32.1 Å². The number of aliphatic hydroxyl groups is 1. The Hall–Kier alpha value is -1.34. The van der Waals surface area contributed by atoms with Crippen LogP contribution in [0.2, 0.25) is 5.02 Å². The second-order valence-electron chi connectivity index (χ2n) is 10.4. The second kappa shape index (κ2) is 13.1. The first-order chi connectivity index (χ1) is 16.4. The van der Waals surface area contributed by atoms with Gasteiger partial charge in [-0.2, -0.15) is 0 Å². The fraction of sp³-hybridized carbons (Fsp3) is 0.741. The maximum Gasteiger partial charge on any atom is 0.315 e. The van der Waals surface area contributed by atoms with E-state index in [9.17, 15) is 9.90 Å². The van der Waals surface area contributed by atoms with Gasteiger partial charge in [0.2, 0.25) is 0 Å². The van der Waals surface area contributed by atoms with Gasteiger partial charge in [0.05, 0.1) is 5.60 Å². The first-order valence-electron chi connectivity index (χ1n) is 13.1. The van der Waals surface area contributed by atoms with E-state index in [2.05, 4.69) is 0 Å².